The van der Waals surface area contributed by atoms with Crippen molar-refractivity contribution in [2.75, 3.05) is 40.0 Å². The van der Waals surface area contributed by atoms with Crippen LogP contribution in [0.3, 0.4) is 0 Å². The van der Waals surface area contributed by atoms with E-state index in [9.17, 15) is 10.1 Å². The number of ether oxygens (including phenoxy) is 3. The lowest BCUT2D eigenvalue weighted by Gasteiger charge is -2.29. The van der Waals surface area contributed by atoms with Crippen molar-refractivity contribution in [2.24, 2.45) is 0 Å². The van der Waals surface area contributed by atoms with Gasteiger partial charge in [-0.2, -0.15) is 5.26 Å². The third-order valence-electron chi connectivity index (χ3n) is 4.50. The van der Waals surface area contributed by atoms with E-state index in [1.807, 2.05) is 24.3 Å². The van der Waals surface area contributed by atoms with Crippen molar-refractivity contribution in [2.45, 2.75) is 18.1 Å². The summed E-state index contributed by atoms with van der Waals surface area (Å²) in [5.41, 5.74) is 1.54. The summed E-state index contributed by atoms with van der Waals surface area (Å²) in [4.78, 5) is 14.7. The Morgan fingerprint density at radius 1 is 1.35 bits per heavy atom. The topological polar surface area (TPSA) is 71.8 Å². The average molecular weight is 374 g/mol. The Morgan fingerprint density at radius 3 is 2.62 bits per heavy atom. The number of nitrogens with zero attached hydrogens (tertiary/aromatic N) is 2. The summed E-state index contributed by atoms with van der Waals surface area (Å²) >= 11 is 1.43. The molecule has 2 atom stereocenters. The van der Waals surface area contributed by atoms with Crippen molar-refractivity contribution < 1.29 is 19.0 Å². The monoisotopic (exact) mass is 374 g/mol. The molecule has 2 aliphatic rings. The van der Waals surface area contributed by atoms with Crippen LogP contribution in [0.2, 0.25) is 0 Å². The second kappa shape index (κ2) is 8.47. The maximum atomic E-state index is 12.6. The van der Waals surface area contributed by atoms with Crippen LogP contribution in [0.1, 0.15) is 18.4 Å². The molecule has 1 aromatic rings. The molecule has 0 saturated carbocycles. The van der Waals surface area contributed by atoms with Gasteiger partial charge in [0.1, 0.15) is 11.0 Å². The minimum Gasteiger partial charge on any atom is -0.497 e. The fourth-order valence-electron chi connectivity index (χ4n) is 3.23. The number of thioether (sulfide) groups is 1. The lowest BCUT2D eigenvalue weighted by Crippen LogP contribution is -2.35. The minimum absolute atomic E-state index is 0.283. The van der Waals surface area contributed by atoms with Gasteiger partial charge in [0.05, 0.1) is 43.6 Å². The molecule has 0 N–H and O–H groups in total. The molecule has 0 amide bonds. The molecule has 2 aliphatic heterocycles. The number of hydrogen-bond acceptors (Lipinski definition) is 7. The zero-order chi connectivity index (χ0) is 18.5. The Labute approximate surface area is 157 Å². The van der Waals surface area contributed by atoms with Crippen LogP contribution in [-0.4, -0.2) is 56.1 Å². The van der Waals surface area contributed by atoms with Crippen molar-refractivity contribution in [3.8, 4) is 11.8 Å². The van der Waals surface area contributed by atoms with Gasteiger partial charge in [-0.25, -0.2) is 0 Å². The number of carbonyl (C=O) groups excluding carboxylic acids is 1. The van der Waals surface area contributed by atoms with Crippen molar-refractivity contribution in [1.29, 1.82) is 5.26 Å². The van der Waals surface area contributed by atoms with E-state index in [0.717, 1.165) is 29.4 Å². The Morgan fingerprint density at radius 2 is 2.04 bits per heavy atom. The SMILES string of the molecule is CCOC(=O)C1SC(N2CCOCC2)=C(C#N)C1c1ccc(OC)cc1. The molecule has 0 aliphatic carbocycles. The number of carbonyl (C=O) groups is 1. The van der Waals surface area contributed by atoms with Crippen molar-refractivity contribution in [1.82, 2.24) is 4.90 Å². The zero-order valence-corrected chi connectivity index (χ0v) is 15.8. The van der Waals surface area contributed by atoms with Crippen LogP contribution >= 0.6 is 11.8 Å². The molecule has 6 nitrogen and oxygen atoms in total. The molecule has 1 saturated heterocycles. The third-order valence-corrected chi connectivity index (χ3v) is 5.92. The van der Waals surface area contributed by atoms with E-state index < -0.39 is 5.25 Å². The lowest BCUT2D eigenvalue weighted by molar-refractivity contribution is -0.142. The van der Waals surface area contributed by atoms with Gasteiger partial charge in [0.15, 0.2) is 0 Å². The van der Waals surface area contributed by atoms with Gasteiger partial charge < -0.3 is 19.1 Å². The summed E-state index contributed by atoms with van der Waals surface area (Å²) in [6.45, 7) is 4.80. The quantitative estimate of drug-likeness (QED) is 0.733. The van der Waals surface area contributed by atoms with Gasteiger partial charge in [-0.05, 0) is 24.6 Å². The first-order chi connectivity index (χ1) is 12.7. The van der Waals surface area contributed by atoms with E-state index in [4.69, 9.17) is 14.2 Å². The summed E-state index contributed by atoms with van der Waals surface area (Å²) in [6, 6.07) is 9.88. The largest absolute Gasteiger partial charge is 0.497 e. The molecule has 138 valence electrons. The van der Waals surface area contributed by atoms with Crippen LogP contribution < -0.4 is 4.74 Å². The van der Waals surface area contributed by atoms with Gasteiger partial charge in [0.2, 0.25) is 0 Å². The molecular formula is C19H22N2O4S. The smallest absolute Gasteiger partial charge is 0.320 e. The first-order valence-corrected chi connectivity index (χ1v) is 9.51. The average Bonchev–Trinajstić information content (AvgIpc) is 3.08. The lowest BCUT2D eigenvalue weighted by atomic mass is 9.89. The van der Waals surface area contributed by atoms with Gasteiger partial charge in [0, 0.05) is 19.0 Å². The van der Waals surface area contributed by atoms with E-state index in [1.54, 1.807) is 14.0 Å². The molecule has 0 radical (unpaired) electrons. The highest BCUT2D eigenvalue weighted by atomic mass is 32.2. The van der Waals surface area contributed by atoms with Crippen LogP contribution in [-0.2, 0) is 14.3 Å². The predicted molar refractivity (Wildman–Crippen MR) is 98.8 cm³/mol. The Bertz CT molecular complexity index is 720. The summed E-state index contributed by atoms with van der Waals surface area (Å²) in [5.74, 6) is 0.130. The van der Waals surface area contributed by atoms with E-state index >= 15 is 0 Å². The van der Waals surface area contributed by atoms with Crippen LogP contribution in [0.5, 0.6) is 5.75 Å². The molecule has 7 heteroatoms. The molecular weight excluding hydrogens is 352 g/mol. The van der Waals surface area contributed by atoms with Gasteiger partial charge >= 0.3 is 5.97 Å². The molecule has 1 aromatic carbocycles. The number of methoxy groups -OCH3 is 1. The fraction of sp³-hybridized carbons (Fsp3) is 0.474. The van der Waals surface area contributed by atoms with E-state index in [-0.39, 0.29) is 11.9 Å². The van der Waals surface area contributed by atoms with E-state index in [0.29, 0.717) is 25.4 Å². The molecule has 2 heterocycles. The summed E-state index contributed by atoms with van der Waals surface area (Å²) in [6.07, 6.45) is 0. The standard InChI is InChI=1S/C19H22N2O4S/c1-3-25-19(22)17-16(13-4-6-14(23-2)7-5-13)15(12-20)18(26-17)21-8-10-24-11-9-21/h4-7,16-17H,3,8-11H2,1-2H3. The first kappa shape index (κ1) is 18.6. The predicted octanol–water partition coefficient (Wildman–Crippen LogP) is 2.52. The maximum Gasteiger partial charge on any atom is 0.320 e. The highest BCUT2D eigenvalue weighted by Gasteiger charge is 2.44. The maximum absolute atomic E-state index is 12.6. The second-order valence-corrected chi connectivity index (χ2v) is 7.10. The number of esters is 1. The first-order valence-electron chi connectivity index (χ1n) is 8.63. The number of benzene rings is 1. The number of allylic oxidation sites excluding steroid dienone is 1. The van der Waals surface area contributed by atoms with Gasteiger partial charge in [0.25, 0.3) is 0 Å². The van der Waals surface area contributed by atoms with Crippen LogP contribution in [0.4, 0.5) is 0 Å². The van der Waals surface area contributed by atoms with Gasteiger partial charge in [-0.1, -0.05) is 23.9 Å². The number of morpholine rings is 1. The molecule has 2 unspecified atom stereocenters. The molecule has 0 spiro atoms. The Balaban J connectivity index is 1.98. The van der Waals surface area contributed by atoms with E-state index in [1.165, 1.54) is 11.8 Å². The second-order valence-electron chi connectivity index (χ2n) is 5.97. The van der Waals surface area contributed by atoms with E-state index in [2.05, 4.69) is 11.0 Å². The molecule has 3 rings (SSSR count). The Hall–Kier alpha value is -2.17. The highest BCUT2D eigenvalue weighted by molar-refractivity contribution is 8.04. The van der Waals surface area contributed by atoms with Crippen LogP contribution in [0, 0.1) is 11.3 Å². The van der Waals surface area contributed by atoms with Crippen molar-refractivity contribution in [3.05, 3.63) is 40.4 Å². The van der Waals surface area contributed by atoms with Crippen LogP contribution in [0.15, 0.2) is 34.9 Å². The fourth-order valence-corrected chi connectivity index (χ4v) is 4.69. The number of rotatable bonds is 5. The van der Waals surface area contributed by atoms with Crippen molar-refractivity contribution in [3.63, 3.8) is 0 Å². The molecule has 1 fully saturated rings. The molecule has 26 heavy (non-hydrogen) atoms. The van der Waals surface area contributed by atoms with Gasteiger partial charge in [-0.3, -0.25) is 4.79 Å². The van der Waals surface area contributed by atoms with Gasteiger partial charge in [-0.15, -0.1) is 0 Å². The summed E-state index contributed by atoms with van der Waals surface area (Å²) in [7, 11) is 1.61. The summed E-state index contributed by atoms with van der Waals surface area (Å²) in [5, 5.41) is 10.3. The normalized spacial score (nSPS) is 22.9. The zero-order valence-electron chi connectivity index (χ0n) is 14.9. The number of nitriles is 1. The third kappa shape index (κ3) is 3.67. The summed E-state index contributed by atoms with van der Waals surface area (Å²) < 4.78 is 15.9. The minimum atomic E-state index is -0.462. The van der Waals surface area contributed by atoms with Crippen molar-refractivity contribution >= 4 is 17.7 Å². The highest BCUT2D eigenvalue weighted by Crippen LogP contribution is 2.49. The van der Waals surface area contributed by atoms with Crippen LogP contribution in [0.25, 0.3) is 0 Å². The Kier molecular flexibility index (Phi) is 6.07. The molecule has 0 bridgehead atoms. The number of hydrogen-bond donors (Lipinski definition) is 0. The molecule has 0 aromatic heterocycles.